The maximum atomic E-state index is 12.8. The Morgan fingerprint density at radius 3 is 2.43 bits per heavy atom. The molecule has 3 rings (SSSR count). The van der Waals surface area contributed by atoms with E-state index >= 15 is 0 Å². The maximum absolute atomic E-state index is 12.8. The summed E-state index contributed by atoms with van der Waals surface area (Å²) in [4.78, 5) is 37.0. The highest BCUT2D eigenvalue weighted by Gasteiger charge is 2.71. The molecule has 0 amide bonds. The smallest absolute Gasteiger partial charge is 0.309 e. The third-order valence-electron chi connectivity index (χ3n) is 8.95. The Kier molecular flexibility index (Phi) is 8.75. The lowest BCUT2D eigenvalue weighted by Gasteiger charge is -2.60. The molecule has 0 bridgehead atoms. The molecule has 0 aromatic carbocycles. The Labute approximate surface area is 220 Å². The summed E-state index contributed by atoms with van der Waals surface area (Å²) in [7, 11) is 0. The van der Waals surface area contributed by atoms with Crippen molar-refractivity contribution in [3.8, 4) is 0 Å². The van der Waals surface area contributed by atoms with Crippen molar-refractivity contribution in [3.63, 3.8) is 0 Å². The maximum Gasteiger partial charge on any atom is 0.309 e. The fourth-order valence-electron chi connectivity index (χ4n) is 6.45. The normalized spacial score (nSPS) is 37.3. The van der Waals surface area contributed by atoms with Gasteiger partial charge in [0.1, 0.15) is 6.10 Å². The van der Waals surface area contributed by atoms with Gasteiger partial charge in [-0.15, -0.1) is 0 Å². The summed E-state index contributed by atoms with van der Waals surface area (Å²) in [5.41, 5.74) is -0.169. The van der Waals surface area contributed by atoms with Gasteiger partial charge in [-0.3, -0.25) is 19.1 Å². The van der Waals surface area contributed by atoms with E-state index in [9.17, 15) is 19.5 Å². The van der Waals surface area contributed by atoms with Crippen molar-refractivity contribution < 1.29 is 38.4 Å². The monoisotopic (exact) mass is 518 g/mol. The highest BCUT2D eigenvalue weighted by molar-refractivity contribution is 5.72. The molecule has 1 aliphatic heterocycles. The van der Waals surface area contributed by atoms with Gasteiger partial charge in [0.05, 0.1) is 17.4 Å². The predicted molar refractivity (Wildman–Crippen MR) is 137 cm³/mol. The number of hydrogen-bond donors (Lipinski definition) is 1. The lowest BCUT2D eigenvalue weighted by atomic mass is 9.45. The highest BCUT2D eigenvalue weighted by atomic mass is 16.8. The summed E-state index contributed by atoms with van der Waals surface area (Å²) in [5, 5.41) is 11.7. The molecule has 8 heteroatoms. The van der Waals surface area contributed by atoms with Crippen LogP contribution in [0.3, 0.4) is 0 Å². The fourth-order valence-corrected chi connectivity index (χ4v) is 6.45. The molecule has 206 valence electrons. The van der Waals surface area contributed by atoms with E-state index in [1.165, 1.54) is 13.8 Å². The minimum Gasteiger partial charge on any atom is -0.458 e. The van der Waals surface area contributed by atoms with Crippen LogP contribution in [-0.2, 0) is 33.3 Å². The van der Waals surface area contributed by atoms with Crippen molar-refractivity contribution in [2.24, 2.45) is 28.6 Å². The van der Waals surface area contributed by atoms with E-state index in [1.807, 2.05) is 13.8 Å². The van der Waals surface area contributed by atoms with Crippen LogP contribution in [0.2, 0.25) is 0 Å². The molecule has 1 saturated carbocycles. The number of carbonyl (C=O) groups is 3. The molecule has 9 atom stereocenters. The molecule has 2 aliphatic carbocycles. The SMILES string of the molecule is C=CC(=C)CC[C@]1(C)[C@H](C)C[C@H](O)[C@@]23C(=C[C@H](OC(=O)[C@@H](C)CC)C[C@@H]12)[C@@H](OC(C)=O)O[C@H]3OC(C)=O. The number of ether oxygens (including phenoxy) is 4. The standard InChI is InChI=1S/C29H42O8/c1-9-16(3)11-12-28(8)18(5)13-24(32)29-22(26(34-19(6)30)37-27(29)35-20(7)31)14-21(15-23(28)29)36-25(33)17(4)10-2/h9,14,17-18,21,23-24,26-27,32H,1,3,10-13,15H2,2,4-8H3/t17-,18+,21-,23-,24-,26-,27+,28+,29+/m0/s1. The number of rotatable bonds is 9. The zero-order chi connectivity index (χ0) is 27.7. The molecule has 0 unspecified atom stereocenters. The summed E-state index contributed by atoms with van der Waals surface area (Å²) >= 11 is 0. The third-order valence-corrected chi connectivity index (χ3v) is 8.95. The van der Waals surface area contributed by atoms with Crippen molar-refractivity contribution in [1.82, 2.24) is 0 Å². The molecule has 1 saturated heterocycles. The largest absolute Gasteiger partial charge is 0.458 e. The topological polar surface area (TPSA) is 108 Å². The molecule has 0 radical (unpaired) electrons. The lowest BCUT2D eigenvalue weighted by molar-refractivity contribution is -0.254. The second-order valence-corrected chi connectivity index (χ2v) is 11.2. The molecule has 1 heterocycles. The molecule has 2 fully saturated rings. The average molecular weight is 519 g/mol. The first-order valence-electron chi connectivity index (χ1n) is 13.2. The van der Waals surface area contributed by atoms with Gasteiger partial charge >= 0.3 is 17.9 Å². The van der Waals surface area contributed by atoms with Gasteiger partial charge in [0.2, 0.25) is 12.6 Å². The van der Waals surface area contributed by atoms with Gasteiger partial charge in [-0.2, -0.15) is 0 Å². The Morgan fingerprint density at radius 2 is 1.86 bits per heavy atom. The van der Waals surface area contributed by atoms with Gasteiger partial charge in [0.15, 0.2) is 0 Å². The average Bonchev–Trinajstić information content (AvgIpc) is 3.12. The molecule has 1 N–H and O–H groups in total. The first-order chi connectivity index (χ1) is 17.3. The number of aliphatic hydroxyl groups excluding tert-OH is 1. The Morgan fingerprint density at radius 1 is 1.22 bits per heavy atom. The van der Waals surface area contributed by atoms with Crippen molar-refractivity contribution in [2.45, 2.75) is 98.4 Å². The summed E-state index contributed by atoms with van der Waals surface area (Å²) in [6.07, 6.45) is 2.45. The van der Waals surface area contributed by atoms with Crippen molar-refractivity contribution in [2.75, 3.05) is 0 Å². The molecule has 3 aliphatic rings. The molecule has 0 aromatic heterocycles. The summed E-state index contributed by atoms with van der Waals surface area (Å²) < 4.78 is 23.2. The van der Waals surface area contributed by atoms with Crippen LogP contribution in [0, 0.1) is 28.6 Å². The number of esters is 3. The Hall–Kier alpha value is -2.45. The first-order valence-corrected chi connectivity index (χ1v) is 13.2. The molecule has 37 heavy (non-hydrogen) atoms. The van der Waals surface area contributed by atoms with Crippen LogP contribution in [0.1, 0.15) is 73.6 Å². The first kappa shape index (κ1) is 29.1. The van der Waals surface area contributed by atoms with Gasteiger partial charge in [0, 0.05) is 19.4 Å². The quantitative estimate of drug-likeness (QED) is 0.204. The van der Waals surface area contributed by atoms with Crippen LogP contribution in [0.15, 0.2) is 36.5 Å². The predicted octanol–water partition coefficient (Wildman–Crippen LogP) is 4.62. The third kappa shape index (κ3) is 5.28. The van der Waals surface area contributed by atoms with E-state index in [0.717, 1.165) is 12.0 Å². The second kappa shape index (κ2) is 11.1. The summed E-state index contributed by atoms with van der Waals surface area (Å²) in [6.45, 7) is 18.5. The molecule has 0 aromatic rings. The van der Waals surface area contributed by atoms with Crippen molar-refractivity contribution in [1.29, 1.82) is 0 Å². The lowest BCUT2D eigenvalue weighted by Crippen LogP contribution is -2.63. The van der Waals surface area contributed by atoms with Crippen LogP contribution in [-0.4, -0.2) is 47.8 Å². The number of aliphatic hydroxyl groups is 1. The van der Waals surface area contributed by atoms with Gasteiger partial charge in [-0.25, -0.2) is 0 Å². The Balaban J connectivity index is 2.19. The summed E-state index contributed by atoms with van der Waals surface area (Å²) in [6, 6.07) is 0. The molecule has 8 nitrogen and oxygen atoms in total. The van der Waals surface area contributed by atoms with E-state index < -0.39 is 47.6 Å². The van der Waals surface area contributed by atoms with Crippen LogP contribution >= 0.6 is 0 Å². The van der Waals surface area contributed by atoms with Crippen LogP contribution in [0.5, 0.6) is 0 Å². The molecular formula is C29H42O8. The number of carbonyl (C=O) groups excluding carboxylic acids is 3. The van der Waals surface area contributed by atoms with E-state index in [0.29, 0.717) is 31.3 Å². The van der Waals surface area contributed by atoms with E-state index in [1.54, 1.807) is 12.2 Å². The van der Waals surface area contributed by atoms with Crippen LogP contribution in [0.4, 0.5) is 0 Å². The minimum atomic E-state index is -1.18. The van der Waals surface area contributed by atoms with Crippen molar-refractivity contribution in [3.05, 3.63) is 36.5 Å². The Bertz CT molecular complexity index is 969. The number of hydrogen-bond acceptors (Lipinski definition) is 8. The second-order valence-electron chi connectivity index (χ2n) is 11.2. The highest BCUT2D eigenvalue weighted by Crippen LogP contribution is 2.67. The molecular weight excluding hydrogens is 476 g/mol. The van der Waals surface area contributed by atoms with E-state index in [4.69, 9.17) is 18.9 Å². The van der Waals surface area contributed by atoms with E-state index in [2.05, 4.69) is 27.0 Å². The summed E-state index contributed by atoms with van der Waals surface area (Å²) in [5.74, 6) is -1.99. The number of allylic oxidation sites excluding steroid dienone is 2. The van der Waals surface area contributed by atoms with Crippen LogP contribution < -0.4 is 0 Å². The zero-order valence-electron chi connectivity index (χ0n) is 23.0. The van der Waals surface area contributed by atoms with Crippen LogP contribution in [0.25, 0.3) is 0 Å². The van der Waals surface area contributed by atoms with Gasteiger partial charge < -0.3 is 19.3 Å². The van der Waals surface area contributed by atoms with Crippen molar-refractivity contribution >= 4 is 17.9 Å². The van der Waals surface area contributed by atoms with Gasteiger partial charge in [0.25, 0.3) is 0 Å². The minimum absolute atomic E-state index is 0.0757. The molecule has 1 spiro atoms. The van der Waals surface area contributed by atoms with E-state index in [-0.39, 0.29) is 23.7 Å². The van der Waals surface area contributed by atoms with Gasteiger partial charge in [-0.05, 0) is 55.4 Å². The zero-order valence-corrected chi connectivity index (χ0v) is 23.0. The van der Waals surface area contributed by atoms with Gasteiger partial charge in [-0.1, -0.05) is 52.5 Å². The fraction of sp³-hybridized carbons (Fsp3) is 0.690.